The minimum atomic E-state index is -1.07. The number of hydrogen-bond donors (Lipinski definition) is 5. The Morgan fingerprint density at radius 3 is 2.23 bits per heavy atom. The first kappa shape index (κ1) is 29.5. The van der Waals surface area contributed by atoms with Gasteiger partial charge in [0, 0.05) is 30.6 Å². The molecule has 1 heterocycles. The highest BCUT2D eigenvalue weighted by Gasteiger charge is 2.21. The molecule has 1 unspecified atom stereocenters. The smallest absolute Gasteiger partial charge is 0.303 e. The van der Waals surface area contributed by atoms with Gasteiger partial charge in [0.1, 0.15) is 6.04 Å². The van der Waals surface area contributed by atoms with Crippen molar-refractivity contribution in [2.45, 2.75) is 50.8 Å². The number of nitrogens with one attached hydrogen (secondary N) is 2. The maximum atomic E-state index is 12.6. The van der Waals surface area contributed by atoms with Gasteiger partial charge in [0.2, 0.25) is 17.7 Å². The van der Waals surface area contributed by atoms with Gasteiger partial charge in [-0.2, -0.15) is 5.48 Å². The largest absolute Gasteiger partial charge is 0.481 e. The van der Waals surface area contributed by atoms with Crippen LogP contribution in [0.3, 0.4) is 0 Å². The molecule has 3 rings (SSSR count). The summed E-state index contributed by atoms with van der Waals surface area (Å²) in [7, 11) is 0. The van der Waals surface area contributed by atoms with Crippen LogP contribution in [0.5, 0.6) is 0 Å². The lowest BCUT2D eigenvalue weighted by atomic mass is 10.0. The molecule has 0 aliphatic rings. The summed E-state index contributed by atoms with van der Waals surface area (Å²) >= 11 is 1.67. The van der Waals surface area contributed by atoms with Gasteiger partial charge in [0.25, 0.3) is 0 Å². The van der Waals surface area contributed by atoms with Gasteiger partial charge in [0.15, 0.2) is 6.23 Å². The molecule has 11 heteroatoms. The summed E-state index contributed by atoms with van der Waals surface area (Å²) in [5, 5.41) is 13.8. The first-order valence-electron chi connectivity index (χ1n) is 12.4. The van der Waals surface area contributed by atoms with Crippen LogP contribution in [0.25, 0.3) is 21.6 Å². The molecule has 3 aromatic rings. The molecule has 0 fully saturated rings. The van der Waals surface area contributed by atoms with E-state index in [-0.39, 0.29) is 38.0 Å². The first-order chi connectivity index (χ1) is 18.7. The Bertz CT molecular complexity index is 1260. The molecule has 0 aliphatic heterocycles. The Morgan fingerprint density at radius 2 is 1.59 bits per heavy atom. The van der Waals surface area contributed by atoms with E-state index in [2.05, 4.69) is 34.4 Å². The summed E-state index contributed by atoms with van der Waals surface area (Å²) in [6, 6.07) is 19.3. The van der Waals surface area contributed by atoms with Gasteiger partial charge in [0.05, 0.1) is 0 Å². The van der Waals surface area contributed by atoms with E-state index in [0.717, 1.165) is 16.0 Å². The zero-order valence-corrected chi connectivity index (χ0v) is 22.1. The van der Waals surface area contributed by atoms with Crippen LogP contribution in [-0.4, -0.2) is 41.1 Å². The third-order valence-corrected chi connectivity index (χ3v) is 6.88. The highest BCUT2D eigenvalue weighted by Crippen LogP contribution is 2.32. The van der Waals surface area contributed by atoms with Gasteiger partial charge in [-0.1, -0.05) is 54.6 Å². The molecule has 3 amide bonds. The van der Waals surface area contributed by atoms with Gasteiger partial charge < -0.3 is 21.9 Å². The Kier molecular flexibility index (Phi) is 11.2. The maximum Gasteiger partial charge on any atom is 0.303 e. The number of aryl methyl sites for hydroxylation is 1. The van der Waals surface area contributed by atoms with Gasteiger partial charge >= 0.3 is 5.97 Å². The van der Waals surface area contributed by atoms with Crippen LogP contribution in [0.4, 0.5) is 0 Å². The summed E-state index contributed by atoms with van der Waals surface area (Å²) in [5.41, 5.74) is 17.2. The second kappa shape index (κ2) is 14.8. The van der Waals surface area contributed by atoms with Crippen LogP contribution in [-0.2, 0) is 30.4 Å². The van der Waals surface area contributed by atoms with E-state index < -0.39 is 30.1 Å². The third-order valence-electron chi connectivity index (χ3n) is 5.90. The molecule has 0 aliphatic carbocycles. The number of carbonyl (C=O) groups excluding carboxylic acids is 3. The van der Waals surface area contributed by atoms with Crippen molar-refractivity contribution < 1.29 is 29.1 Å². The van der Waals surface area contributed by atoms with Crippen LogP contribution in [0.2, 0.25) is 0 Å². The second-order valence-electron chi connectivity index (χ2n) is 8.95. The maximum absolute atomic E-state index is 12.6. The average molecular weight is 553 g/mol. The van der Waals surface area contributed by atoms with Crippen molar-refractivity contribution in [3.05, 3.63) is 71.6 Å². The minimum absolute atomic E-state index is 0.000696. The van der Waals surface area contributed by atoms with Crippen LogP contribution >= 0.6 is 11.3 Å². The lowest BCUT2D eigenvalue weighted by Crippen LogP contribution is -2.47. The van der Waals surface area contributed by atoms with Gasteiger partial charge in [-0.25, -0.2) is 0 Å². The average Bonchev–Trinajstić information content (AvgIpc) is 3.41. The molecule has 2 atom stereocenters. The van der Waals surface area contributed by atoms with Crippen molar-refractivity contribution in [1.29, 1.82) is 0 Å². The van der Waals surface area contributed by atoms with E-state index >= 15 is 0 Å². The monoisotopic (exact) mass is 552 g/mol. The van der Waals surface area contributed by atoms with E-state index in [4.69, 9.17) is 21.4 Å². The summed E-state index contributed by atoms with van der Waals surface area (Å²) < 4.78 is 0. The van der Waals surface area contributed by atoms with E-state index in [9.17, 15) is 19.2 Å². The number of thiophene rings is 1. The van der Waals surface area contributed by atoms with Crippen molar-refractivity contribution >= 4 is 35.0 Å². The number of hydrogen-bond acceptors (Lipinski definition) is 7. The molecule has 1 aromatic heterocycles. The quantitative estimate of drug-likeness (QED) is 0.134. The normalized spacial score (nSPS) is 12.4. The number of nitrogens with two attached hydrogens (primary N) is 2. The van der Waals surface area contributed by atoms with E-state index in [1.165, 1.54) is 11.1 Å². The summed E-state index contributed by atoms with van der Waals surface area (Å²) in [6.07, 6.45) is -0.836. The highest BCUT2D eigenvalue weighted by atomic mass is 32.1. The number of carboxylic acids is 1. The van der Waals surface area contributed by atoms with Crippen LogP contribution in [0.1, 0.15) is 37.7 Å². The minimum Gasteiger partial charge on any atom is -0.481 e. The number of hydroxylamine groups is 1. The molecule has 206 valence electrons. The molecule has 0 bridgehead atoms. The lowest BCUT2D eigenvalue weighted by molar-refractivity contribution is -0.143. The molecule has 0 radical (unpaired) electrons. The van der Waals surface area contributed by atoms with Crippen LogP contribution in [0, 0.1) is 0 Å². The molecule has 0 spiro atoms. The zero-order chi connectivity index (χ0) is 28.2. The van der Waals surface area contributed by atoms with E-state index in [1.807, 2.05) is 42.5 Å². The molecule has 10 nitrogen and oxygen atoms in total. The van der Waals surface area contributed by atoms with Crippen LogP contribution < -0.4 is 22.3 Å². The molecular weight excluding hydrogens is 520 g/mol. The van der Waals surface area contributed by atoms with E-state index in [1.54, 1.807) is 11.3 Å². The predicted octanol–water partition coefficient (Wildman–Crippen LogP) is 2.96. The SMILES string of the molecule is NC(=O)CC[C@H](NOC(CCC(=O)O)NC(=O)CCc1ccc(-c2cc(-c3ccccc3)cs2)cc1)C(N)=O. The number of carbonyl (C=O) groups is 4. The fraction of sp³-hybridized carbons (Fsp3) is 0.286. The predicted molar refractivity (Wildman–Crippen MR) is 148 cm³/mol. The number of benzene rings is 2. The summed E-state index contributed by atoms with van der Waals surface area (Å²) in [5.74, 6) is -2.81. The zero-order valence-electron chi connectivity index (χ0n) is 21.3. The fourth-order valence-electron chi connectivity index (χ4n) is 3.74. The van der Waals surface area contributed by atoms with E-state index in [0.29, 0.717) is 6.42 Å². The van der Waals surface area contributed by atoms with Gasteiger partial charge in [-0.15, -0.1) is 11.3 Å². The van der Waals surface area contributed by atoms with Crippen molar-refractivity contribution in [3.63, 3.8) is 0 Å². The van der Waals surface area contributed by atoms with Crippen LogP contribution in [0.15, 0.2) is 66.0 Å². The van der Waals surface area contributed by atoms with Gasteiger partial charge in [-0.05, 0) is 46.5 Å². The topological polar surface area (TPSA) is 174 Å². The van der Waals surface area contributed by atoms with Gasteiger partial charge in [-0.3, -0.25) is 24.0 Å². The fourth-order valence-corrected chi connectivity index (χ4v) is 4.67. The number of amides is 3. The standard InChI is InChI=1S/C28H32N4O6S/c29-24(33)12-11-22(28(30)37)32-38-26(14-15-27(35)36)31-25(34)13-8-18-6-9-20(10-7-18)23-16-21(17-39-23)19-4-2-1-3-5-19/h1-7,9-10,16-17,22,26,32H,8,11-15H2,(H2,29,33)(H2,30,37)(H,31,34)(H,35,36)/t22-,26?/m0/s1. The number of carboxylic acid groups (broad SMARTS) is 1. The van der Waals surface area contributed by atoms with Crippen molar-refractivity contribution in [1.82, 2.24) is 10.8 Å². The number of rotatable bonds is 16. The first-order valence-corrected chi connectivity index (χ1v) is 13.3. The highest BCUT2D eigenvalue weighted by molar-refractivity contribution is 7.14. The Hall–Kier alpha value is -4.06. The molecule has 7 N–H and O–H groups in total. The van der Waals surface area contributed by atoms with Crippen molar-refractivity contribution in [2.24, 2.45) is 11.5 Å². The number of primary amides is 2. The van der Waals surface area contributed by atoms with Crippen molar-refractivity contribution in [2.75, 3.05) is 0 Å². The Labute approximate surface area is 230 Å². The lowest BCUT2D eigenvalue weighted by Gasteiger charge is -2.22. The Balaban J connectivity index is 1.53. The number of aliphatic carboxylic acids is 1. The third kappa shape index (κ3) is 9.97. The summed E-state index contributed by atoms with van der Waals surface area (Å²) in [6.45, 7) is 0. The molecule has 39 heavy (non-hydrogen) atoms. The molecule has 0 saturated carbocycles. The Morgan fingerprint density at radius 1 is 0.872 bits per heavy atom. The summed E-state index contributed by atoms with van der Waals surface area (Å²) in [4.78, 5) is 52.7. The molecular formula is C28H32N4O6S. The van der Waals surface area contributed by atoms with Crippen molar-refractivity contribution in [3.8, 4) is 21.6 Å². The molecule has 2 aromatic carbocycles. The second-order valence-corrected chi connectivity index (χ2v) is 9.86. The molecule has 0 saturated heterocycles.